The van der Waals surface area contributed by atoms with Crippen LogP contribution in [0.1, 0.15) is 60.7 Å². The average Bonchev–Trinajstić information content (AvgIpc) is 2.84. The first-order valence-electron chi connectivity index (χ1n) is 11.9. The van der Waals surface area contributed by atoms with Crippen molar-refractivity contribution in [3.8, 4) is 5.75 Å². The van der Waals surface area contributed by atoms with Crippen LogP contribution >= 0.6 is 0 Å². The Labute approximate surface area is 201 Å². The zero-order chi connectivity index (χ0) is 24.3. The van der Waals surface area contributed by atoms with Gasteiger partial charge in [0, 0.05) is 5.92 Å². The van der Waals surface area contributed by atoms with E-state index in [1.165, 1.54) is 11.1 Å². The number of rotatable bonds is 6. The van der Waals surface area contributed by atoms with Crippen LogP contribution in [0, 0.1) is 17.3 Å². The maximum Gasteiger partial charge on any atom is 0.338 e. The molecule has 3 atom stereocenters. The molecule has 176 valence electrons. The van der Waals surface area contributed by atoms with Crippen molar-refractivity contribution in [1.82, 2.24) is 0 Å². The third kappa shape index (κ3) is 4.91. The first-order chi connectivity index (χ1) is 16.3. The molecule has 0 bridgehead atoms. The Kier molecular flexibility index (Phi) is 6.87. The number of hydrogen-bond donors (Lipinski definition) is 0. The summed E-state index contributed by atoms with van der Waals surface area (Å²) in [6.45, 7) is 8.64. The Morgan fingerprint density at radius 3 is 2.24 bits per heavy atom. The minimum atomic E-state index is -0.711. The normalized spacial score (nSPS) is 19.7. The summed E-state index contributed by atoms with van der Waals surface area (Å²) in [4.78, 5) is 25.7. The fraction of sp³-hybridized carbons (Fsp3) is 0.333. The van der Waals surface area contributed by atoms with E-state index in [0.717, 1.165) is 12.0 Å². The summed E-state index contributed by atoms with van der Waals surface area (Å²) in [5.41, 5.74) is 3.19. The summed E-state index contributed by atoms with van der Waals surface area (Å²) in [7, 11) is 0. The number of ether oxygens (including phenoxy) is 2. The third-order valence-corrected chi connectivity index (χ3v) is 7.17. The molecule has 0 saturated heterocycles. The van der Waals surface area contributed by atoms with Gasteiger partial charge in [0.1, 0.15) is 12.4 Å². The van der Waals surface area contributed by atoms with Crippen molar-refractivity contribution in [2.24, 2.45) is 17.3 Å². The van der Waals surface area contributed by atoms with Crippen LogP contribution in [0.25, 0.3) is 0 Å². The largest absolute Gasteiger partial charge is 0.457 e. The van der Waals surface area contributed by atoms with Crippen molar-refractivity contribution < 1.29 is 19.1 Å². The molecule has 0 spiro atoms. The lowest BCUT2D eigenvalue weighted by Gasteiger charge is -2.43. The molecular weight excluding hydrogens is 424 g/mol. The predicted octanol–water partition coefficient (Wildman–Crippen LogP) is 6.59. The summed E-state index contributed by atoms with van der Waals surface area (Å²) in [5.74, 6) is 0.623. The van der Waals surface area contributed by atoms with Gasteiger partial charge in [0.25, 0.3) is 0 Å². The van der Waals surface area contributed by atoms with Crippen molar-refractivity contribution in [2.45, 2.75) is 46.6 Å². The number of hydrogen-bond acceptors (Lipinski definition) is 4. The molecule has 0 fully saturated rings. The Morgan fingerprint density at radius 1 is 0.882 bits per heavy atom. The van der Waals surface area contributed by atoms with Gasteiger partial charge < -0.3 is 9.47 Å². The van der Waals surface area contributed by atoms with Crippen LogP contribution in [0.2, 0.25) is 0 Å². The molecule has 34 heavy (non-hydrogen) atoms. The van der Waals surface area contributed by atoms with Gasteiger partial charge in [-0.2, -0.15) is 0 Å². The third-order valence-electron chi connectivity index (χ3n) is 7.17. The molecule has 4 rings (SSSR count). The number of carbonyl (C=O) groups is 2. The molecule has 0 aromatic heterocycles. The first-order valence-corrected chi connectivity index (χ1v) is 11.9. The van der Waals surface area contributed by atoms with Crippen LogP contribution in [0.3, 0.4) is 0 Å². The maximum absolute atomic E-state index is 13.4. The van der Waals surface area contributed by atoms with E-state index in [-0.39, 0.29) is 18.5 Å². The maximum atomic E-state index is 13.4. The number of benzene rings is 3. The topological polar surface area (TPSA) is 52.6 Å². The lowest BCUT2D eigenvalue weighted by atomic mass is 9.60. The molecular formula is C30H32O4. The van der Waals surface area contributed by atoms with Gasteiger partial charge in [0.2, 0.25) is 0 Å². The number of carbonyl (C=O) groups excluding carboxylic acids is 2. The van der Waals surface area contributed by atoms with Gasteiger partial charge in [0.15, 0.2) is 0 Å². The summed E-state index contributed by atoms with van der Waals surface area (Å²) < 4.78 is 11.2. The van der Waals surface area contributed by atoms with Crippen LogP contribution in [0.4, 0.5) is 0 Å². The molecule has 4 heteroatoms. The first kappa shape index (κ1) is 23.7. The van der Waals surface area contributed by atoms with E-state index in [4.69, 9.17) is 9.47 Å². The monoisotopic (exact) mass is 456 g/mol. The van der Waals surface area contributed by atoms with Crippen molar-refractivity contribution >= 4 is 11.9 Å². The van der Waals surface area contributed by atoms with Crippen LogP contribution in [0.5, 0.6) is 5.75 Å². The van der Waals surface area contributed by atoms with Gasteiger partial charge in [0.05, 0.1) is 11.0 Å². The predicted molar refractivity (Wildman–Crippen MR) is 133 cm³/mol. The number of esters is 2. The standard InChI is InChI=1S/C30H32O4/c1-20-18-24-12-8-9-13-26(24)27(21(20)2)30(3,4)29(32)34-25-16-14-23(15-17-25)28(31)33-19-22-10-6-5-7-11-22/h5-17,20-21,27H,18-19H2,1-4H3. The van der Waals surface area contributed by atoms with Gasteiger partial charge in [-0.15, -0.1) is 0 Å². The van der Waals surface area contributed by atoms with Crippen molar-refractivity contribution in [2.75, 3.05) is 0 Å². The van der Waals surface area contributed by atoms with E-state index in [1.54, 1.807) is 24.3 Å². The van der Waals surface area contributed by atoms with Crippen LogP contribution in [-0.4, -0.2) is 11.9 Å². The molecule has 4 nitrogen and oxygen atoms in total. The molecule has 0 radical (unpaired) electrons. The van der Waals surface area contributed by atoms with Crippen molar-refractivity contribution in [1.29, 1.82) is 0 Å². The Morgan fingerprint density at radius 2 is 1.53 bits per heavy atom. The second-order valence-electron chi connectivity index (χ2n) is 9.91. The van der Waals surface area contributed by atoms with Crippen LogP contribution in [-0.2, 0) is 22.6 Å². The van der Waals surface area contributed by atoms with E-state index in [9.17, 15) is 9.59 Å². The smallest absolute Gasteiger partial charge is 0.338 e. The number of fused-ring (bicyclic) bond motifs is 1. The molecule has 3 aromatic carbocycles. The zero-order valence-electron chi connectivity index (χ0n) is 20.3. The fourth-order valence-electron chi connectivity index (χ4n) is 5.05. The molecule has 3 unspecified atom stereocenters. The highest BCUT2D eigenvalue weighted by molar-refractivity contribution is 5.89. The van der Waals surface area contributed by atoms with E-state index in [0.29, 0.717) is 23.1 Å². The SMILES string of the molecule is CC1Cc2ccccc2C(C(C)(C)C(=O)Oc2ccc(C(=O)OCc3ccccc3)cc2)C1C. The lowest BCUT2D eigenvalue weighted by molar-refractivity contribution is -0.146. The molecule has 0 aliphatic heterocycles. The van der Waals surface area contributed by atoms with E-state index >= 15 is 0 Å². The molecule has 0 heterocycles. The van der Waals surface area contributed by atoms with Crippen molar-refractivity contribution in [3.05, 3.63) is 101 Å². The summed E-state index contributed by atoms with van der Waals surface area (Å²) in [5, 5.41) is 0. The summed E-state index contributed by atoms with van der Waals surface area (Å²) in [6, 6.07) is 24.5. The molecule has 0 saturated carbocycles. The highest BCUT2D eigenvalue weighted by Crippen LogP contribution is 2.49. The highest BCUT2D eigenvalue weighted by Gasteiger charge is 2.46. The lowest BCUT2D eigenvalue weighted by Crippen LogP contribution is -2.42. The van der Waals surface area contributed by atoms with Crippen LogP contribution in [0.15, 0.2) is 78.9 Å². The van der Waals surface area contributed by atoms with E-state index in [2.05, 4.69) is 32.0 Å². The molecule has 3 aromatic rings. The quantitative estimate of drug-likeness (QED) is 0.310. The Balaban J connectivity index is 1.44. The second-order valence-corrected chi connectivity index (χ2v) is 9.91. The van der Waals surface area contributed by atoms with Gasteiger partial charge in [-0.3, -0.25) is 4.79 Å². The Bertz CT molecular complexity index is 1150. The Hall–Kier alpha value is -3.40. The minimum absolute atomic E-state index is 0.0622. The molecule has 1 aliphatic rings. The van der Waals surface area contributed by atoms with E-state index < -0.39 is 11.4 Å². The highest BCUT2D eigenvalue weighted by atomic mass is 16.5. The molecule has 0 amide bonds. The summed E-state index contributed by atoms with van der Waals surface area (Å²) in [6.07, 6.45) is 1.03. The van der Waals surface area contributed by atoms with Gasteiger partial charge in [-0.1, -0.05) is 68.4 Å². The minimum Gasteiger partial charge on any atom is -0.457 e. The van der Waals surface area contributed by atoms with Gasteiger partial charge in [-0.25, -0.2) is 4.79 Å². The van der Waals surface area contributed by atoms with Crippen molar-refractivity contribution in [3.63, 3.8) is 0 Å². The van der Waals surface area contributed by atoms with E-state index in [1.807, 2.05) is 50.2 Å². The molecule has 0 N–H and O–H groups in total. The van der Waals surface area contributed by atoms with Gasteiger partial charge >= 0.3 is 11.9 Å². The summed E-state index contributed by atoms with van der Waals surface area (Å²) >= 11 is 0. The second kappa shape index (κ2) is 9.84. The van der Waals surface area contributed by atoms with Gasteiger partial charge in [-0.05, 0) is 73.1 Å². The zero-order valence-corrected chi connectivity index (χ0v) is 20.3. The fourth-order valence-corrected chi connectivity index (χ4v) is 5.05. The van der Waals surface area contributed by atoms with Crippen LogP contribution < -0.4 is 4.74 Å². The molecule has 1 aliphatic carbocycles. The average molecular weight is 457 g/mol.